The Kier molecular flexibility index (Phi) is 5.86. The lowest BCUT2D eigenvalue weighted by atomic mass is 10.0. The summed E-state index contributed by atoms with van der Waals surface area (Å²) in [5.74, 6) is -1.45. The lowest BCUT2D eigenvalue weighted by Gasteiger charge is -2.19. The van der Waals surface area contributed by atoms with Gasteiger partial charge in [-0.25, -0.2) is 10.5 Å². The van der Waals surface area contributed by atoms with Crippen LogP contribution in [0.1, 0.15) is 17.3 Å². The second kappa shape index (κ2) is 7.87. The number of carbonyl (C=O) groups is 2. The molecule has 1 aromatic heterocycles. The molecule has 2 atom stereocenters. The van der Waals surface area contributed by atoms with E-state index in [1.165, 1.54) is 12.4 Å². The Morgan fingerprint density at radius 3 is 2.25 bits per heavy atom. The van der Waals surface area contributed by atoms with Crippen molar-refractivity contribution in [3.8, 4) is 11.1 Å². The van der Waals surface area contributed by atoms with Gasteiger partial charge in [0.15, 0.2) is 0 Å². The number of amides is 2. The number of hydrogen-bond acceptors (Lipinski definition) is 5. The zero-order valence-electron chi connectivity index (χ0n) is 12.7. The number of halogens is 1. The van der Waals surface area contributed by atoms with Gasteiger partial charge in [0.25, 0.3) is 11.8 Å². The topological polar surface area (TPSA) is 112 Å². The largest absolute Gasteiger partial charge is 0.391 e. The third-order valence-corrected chi connectivity index (χ3v) is 3.59. The van der Waals surface area contributed by atoms with Gasteiger partial charge < -0.3 is 10.4 Å². The Labute approximate surface area is 143 Å². The molecule has 0 fully saturated rings. The monoisotopic (exact) mass is 349 g/mol. The normalized spacial score (nSPS) is 13.0. The van der Waals surface area contributed by atoms with E-state index in [9.17, 15) is 14.7 Å². The summed E-state index contributed by atoms with van der Waals surface area (Å²) in [7, 11) is 0. The van der Waals surface area contributed by atoms with Crippen molar-refractivity contribution in [2.75, 3.05) is 0 Å². The van der Waals surface area contributed by atoms with E-state index in [4.69, 9.17) is 16.8 Å². The quantitative estimate of drug-likeness (QED) is 0.370. The van der Waals surface area contributed by atoms with Crippen LogP contribution in [0, 0.1) is 0 Å². The summed E-state index contributed by atoms with van der Waals surface area (Å²) >= 11 is 5.74. The fraction of sp³-hybridized carbons (Fsp3) is 0.188. The van der Waals surface area contributed by atoms with Crippen molar-refractivity contribution in [3.05, 3.63) is 53.3 Å². The summed E-state index contributed by atoms with van der Waals surface area (Å²) < 4.78 is 0. The number of nitrogens with one attached hydrogen (secondary N) is 2. The van der Waals surface area contributed by atoms with Crippen molar-refractivity contribution < 1.29 is 19.9 Å². The SMILES string of the molecule is C[C@@H](O)[C@H](NC(=O)c1ccc(-c2ccc(Cl)nc2)cc1)C(=O)NO. The van der Waals surface area contributed by atoms with Crippen molar-refractivity contribution in [2.45, 2.75) is 19.1 Å². The molecule has 1 heterocycles. The minimum absolute atomic E-state index is 0.303. The van der Waals surface area contributed by atoms with Gasteiger partial charge in [0, 0.05) is 17.3 Å². The maximum Gasteiger partial charge on any atom is 0.268 e. The first-order valence-corrected chi connectivity index (χ1v) is 7.45. The van der Waals surface area contributed by atoms with Crippen molar-refractivity contribution in [3.63, 3.8) is 0 Å². The fourth-order valence-corrected chi connectivity index (χ4v) is 2.17. The molecule has 4 N–H and O–H groups in total. The molecule has 0 saturated carbocycles. The summed E-state index contributed by atoms with van der Waals surface area (Å²) in [5.41, 5.74) is 3.39. The molecule has 0 aliphatic carbocycles. The zero-order valence-corrected chi connectivity index (χ0v) is 13.5. The van der Waals surface area contributed by atoms with Gasteiger partial charge in [-0.1, -0.05) is 23.7 Å². The molecule has 0 bridgehead atoms. The highest BCUT2D eigenvalue weighted by Gasteiger charge is 2.25. The molecule has 0 spiro atoms. The van der Waals surface area contributed by atoms with Crippen molar-refractivity contribution in [2.24, 2.45) is 0 Å². The second-order valence-corrected chi connectivity index (χ2v) is 5.50. The van der Waals surface area contributed by atoms with Crippen LogP contribution in [0.4, 0.5) is 0 Å². The van der Waals surface area contributed by atoms with E-state index in [1.807, 2.05) is 0 Å². The second-order valence-electron chi connectivity index (χ2n) is 5.11. The number of aromatic nitrogens is 1. The van der Waals surface area contributed by atoms with Crippen LogP contribution in [0.15, 0.2) is 42.6 Å². The maximum atomic E-state index is 12.2. The van der Waals surface area contributed by atoms with Gasteiger partial charge in [0.2, 0.25) is 0 Å². The van der Waals surface area contributed by atoms with Crippen molar-refractivity contribution >= 4 is 23.4 Å². The Morgan fingerprint density at radius 2 is 1.75 bits per heavy atom. The van der Waals surface area contributed by atoms with E-state index in [-0.39, 0.29) is 0 Å². The predicted octanol–water partition coefficient (Wildman–Crippen LogP) is 1.39. The molecule has 7 nitrogen and oxygen atoms in total. The number of nitrogens with zero attached hydrogens (tertiary/aromatic N) is 1. The molecule has 1 aromatic carbocycles. The highest BCUT2D eigenvalue weighted by atomic mass is 35.5. The number of carbonyl (C=O) groups excluding carboxylic acids is 2. The summed E-state index contributed by atoms with van der Waals surface area (Å²) in [5, 5.41) is 20.9. The third kappa shape index (κ3) is 4.29. The van der Waals surface area contributed by atoms with Crippen LogP contribution in [-0.2, 0) is 4.79 Å². The number of pyridine rings is 1. The van der Waals surface area contributed by atoms with Crippen molar-refractivity contribution in [1.29, 1.82) is 0 Å². The van der Waals surface area contributed by atoms with Crippen LogP contribution in [0.25, 0.3) is 11.1 Å². The predicted molar refractivity (Wildman–Crippen MR) is 87.5 cm³/mol. The van der Waals surface area contributed by atoms with Gasteiger partial charge in [-0.05, 0) is 36.8 Å². The Hall–Kier alpha value is -2.48. The average molecular weight is 350 g/mol. The molecule has 2 amide bonds. The van der Waals surface area contributed by atoms with E-state index in [1.54, 1.807) is 42.6 Å². The summed E-state index contributed by atoms with van der Waals surface area (Å²) in [4.78, 5) is 27.6. The van der Waals surface area contributed by atoms with Crippen molar-refractivity contribution in [1.82, 2.24) is 15.8 Å². The standard InChI is InChI=1S/C16H16ClN3O4/c1-9(21)14(16(23)20-24)19-15(22)11-4-2-10(3-5-11)12-6-7-13(17)18-8-12/h2-9,14,21,24H,1H3,(H,19,22)(H,20,23)/t9-,14+/m1/s1. The molecule has 2 aromatic rings. The molecule has 0 saturated heterocycles. The van der Waals surface area contributed by atoms with Gasteiger partial charge in [-0.15, -0.1) is 0 Å². The minimum Gasteiger partial charge on any atom is -0.391 e. The van der Waals surface area contributed by atoms with Gasteiger partial charge in [0.05, 0.1) is 6.10 Å². The molecule has 126 valence electrons. The van der Waals surface area contributed by atoms with Gasteiger partial charge >= 0.3 is 0 Å². The average Bonchev–Trinajstić information content (AvgIpc) is 2.59. The number of aliphatic hydroxyl groups is 1. The number of rotatable bonds is 5. The lowest BCUT2D eigenvalue weighted by molar-refractivity contribution is -0.133. The minimum atomic E-state index is -1.26. The highest BCUT2D eigenvalue weighted by molar-refractivity contribution is 6.29. The molecule has 0 aliphatic rings. The highest BCUT2D eigenvalue weighted by Crippen LogP contribution is 2.20. The van der Waals surface area contributed by atoms with Gasteiger partial charge in [-0.3, -0.25) is 14.8 Å². The van der Waals surface area contributed by atoms with Crippen LogP contribution >= 0.6 is 11.6 Å². The molecular weight excluding hydrogens is 334 g/mol. The van der Waals surface area contributed by atoms with Crippen LogP contribution in [0.3, 0.4) is 0 Å². The van der Waals surface area contributed by atoms with E-state index < -0.39 is 24.0 Å². The Bertz CT molecular complexity index is 717. The maximum absolute atomic E-state index is 12.2. The van der Waals surface area contributed by atoms with Crippen LogP contribution in [-0.4, -0.2) is 39.3 Å². The number of benzene rings is 1. The molecule has 2 rings (SSSR count). The first kappa shape index (κ1) is 17.9. The summed E-state index contributed by atoms with van der Waals surface area (Å²) in [6.45, 7) is 1.33. The number of aliphatic hydroxyl groups excluding tert-OH is 1. The Morgan fingerprint density at radius 1 is 1.12 bits per heavy atom. The van der Waals surface area contributed by atoms with E-state index >= 15 is 0 Å². The zero-order chi connectivity index (χ0) is 17.7. The number of hydroxylamine groups is 1. The Balaban J connectivity index is 2.13. The van der Waals surface area contributed by atoms with Gasteiger partial charge in [-0.2, -0.15) is 0 Å². The molecule has 0 aliphatic heterocycles. The first-order valence-electron chi connectivity index (χ1n) is 7.07. The smallest absolute Gasteiger partial charge is 0.268 e. The molecular formula is C16H16ClN3O4. The molecule has 0 radical (unpaired) electrons. The number of hydrogen-bond donors (Lipinski definition) is 4. The van der Waals surface area contributed by atoms with Crippen LogP contribution in [0.5, 0.6) is 0 Å². The fourth-order valence-electron chi connectivity index (χ4n) is 2.06. The third-order valence-electron chi connectivity index (χ3n) is 3.37. The van der Waals surface area contributed by atoms with E-state index in [0.717, 1.165) is 11.1 Å². The van der Waals surface area contributed by atoms with Gasteiger partial charge in [0.1, 0.15) is 11.2 Å². The van der Waals surface area contributed by atoms with E-state index in [0.29, 0.717) is 10.7 Å². The van der Waals surface area contributed by atoms with E-state index in [2.05, 4.69) is 10.3 Å². The molecule has 0 unspecified atom stereocenters. The summed E-state index contributed by atoms with van der Waals surface area (Å²) in [6, 6.07) is 8.82. The first-order chi connectivity index (χ1) is 11.4. The molecule has 24 heavy (non-hydrogen) atoms. The van der Waals surface area contributed by atoms with Crippen LogP contribution < -0.4 is 10.8 Å². The molecule has 8 heteroatoms. The summed E-state index contributed by atoms with van der Waals surface area (Å²) in [6.07, 6.45) is 0.451. The lowest BCUT2D eigenvalue weighted by Crippen LogP contribution is -2.51. The van der Waals surface area contributed by atoms with Crippen LogP contribution in [0.2, 0.25) is 5.15 Å².